The summed E-state index contributed by atoms with van der Waals surface area (Å²) in [5.74, 6) is 2.83. The highest BCUT2D eigenvalue weighted by atomic mass is 32.2. The number of hydrogen-bond acceptors (Lipinski definition) is 7. The minimum Gasteiger partial charge on any atom is -0.431 e. The zero-order valence-electron chi connectivity index (χ0n) is 17.2. The Morgan fingerprint density at radius 3 is 2.22 bits per heavy atom. The van der Waals surface area contributed by atoms with E-state index in [2.05, 4.69) is 27.3 Å². The maximum Gasteiger partial charge on any atom is 0.256 e. The Morgan fingerprint density at radius 1 is 0.750 bits per heavy atom. The molecular weight excluding hydrogens is 420 g/mol. The van der Waals surface area contributed by atoms with Crippen molar-refractivity contribution in [3.8, 4) is 34.0 Å². The van der Waals surface area contributed by atoms with E-state index in [9.17, 15) is 0 Å². The van der Waals surface area contributed by atoms with Gasteiger partial charge in [-0.1, -0.05) is 77.6 Å². The average molecular weight is 441 g/mol. The average Bonchev–Trinajstić information content (AvgIpc) is 3.51. The molecule has 0 bridgehead atoms. The lowest BCUT2D eigenvalue weighted by Crippen LogP contribution is -1.89. The fraction of sp³-hybridized carbons (Fsp3) is 0.120. The van der Waals surface area contributed by atoms with E-state index in [4.69, 9.17) is 13.9 Å². The van der Waals surface area contributed by atoms with Gasteiger partial charge in [0, 0.05) is 41.3 Å². The number of hydrogen-bond donors (Lipinski definition) is 0. The first kappa shape index (κ1) is 20.2. The fourth-order valence-corrected chi connectivity index (χ4v) is 4.06. The molecule has 6 nitrogen and oxygen atoms in total. The third kappa shape index (κ3) is 4.63. The van der Waals surface area contributed by atoms with Gasteiger partial charge in [0.15, 0.2) is 5.76 Å². The maximum atomic E-state index is 6.16. The second-order valence-electron chi connectivity index (χ2n) is 7.09. The third-order valence-electron chi connectivity index (χ3n) is 4.86. The number of oxazole rings is 1. The molecule has 7 heteroatoms. The van der Waals surface area contributed by atoms with Crippen LogP contribution in [0.3, 0.4) is 0 Å². The monoisotopic (exact) mass is 440 g/mol. The smallest absolute Gasteiger partial charge is 0.256 e. The van der Waals surface area contributed by atoms with Gasteiger partial charge in [-0.15, -0.1) is 0 Å². The molecular formula is C25H20N4O2S. The molecule has 0 amide bonds. The molecule has 0 spiro atoms. The van der Waals surface area contributed by atoms with Crippen molar-refractivity contribution in [3.63, 3.8) is 0 Å². The van der Waals surface area contributed by atoms with E-state index >= 15 is 0 Å². The summed E-state index contributed by atoms with van der Waals surface area (Å²) in [6.45, 7) is 0. The molecule has 0 saturated heterocycles. The number of rotatable bonds is 8. The lowest BCUT2D eigenvalue weighted by atomic mass is 10.1. The number of aryl methyl sites for hydroxylation is 1. The van der Waals surface area contributed by atoms with Gasteiger partial charge in [0.1, 0.15) is 5.69 Å². The number of pyridine rings is 1. The summed E-state index contributed by atoms with van der Waals surface area (Å²) >= 11 is 1.59. The van der Waals surface area contributed by atoms with Gasteiger partial charge in [-0.05, 0) is 18.6 Å². The van der Waals surface area contributed by atoms with E-state index in [1.54, 1.807) is 24.2 Å². The van der Waals surface area contributed by atoms with Crippen molar-refractivity contribution in [1.82, 2.24) is 20.1 Å². The molecule has 0 aliphatic rings. The van der Waals surface area contributed by atoms with E-state index in [1.165, 1.54) is 0 Å². The Hall–Kier alpha value is -3.71. The number of benzene rings is 2. The van der Waals surface area contributed by atoms with Crippen LogP contribution in [-0.4, -0.2) is 25.9 Å². The Bertz CT molecular complexity index is 1210. The van der Waals surface area contributed by atoms with Crippen molar-refractivity contribution in [2.24, 2.45) is 0 Å². The van der Waals surface area contributed by atoms with Crippen LogP contribution in [0.4, 0.5) is 0 Å². The quantitative estimate of drug-likeness (QED) is 0.211. The summed E-state index contributed by atoms with van der Waals surface area (Å²) in [4.78, 5) is 13.3. The van der Waals surface area contributed by atoms with E-state index in [0.717, 1.165) is 40.3 Å². The SMILES string of the molecule is c1ccc(-c2nc(SCCCc3nc(-c4ccncc4)no3)oc2-c2ccccc2)cc1. The molecule has 32 heavy (non-hydrogen) atoms. The van der Waals surface area contributed by atoms with Crippen molar-refractivity contribution in [2.75, 3.05) is 5.75 Å². The molecule has 3 heterocycles. The van der Waals surface area contributed by atoms with Crippen molar-refractivity contribution in [2.45, 2.75) is 18.1 Å². The Labute approximate surface area is 189 Å². The van der Waals surface area contributed by atoms with Crippen molar-refractivity contribution < 1.29 is 8.94 Å². The zero-order valence-corrected chi connectivity index (χ0v) is 18.0. The van der Waals surface area contributed by atoms with Gasteiger partial charge in [-0.2, -0.15) is 4.98 Å². The van der Waals surface area contributed by atoms with Gasteiger partial charge in [-0.3, -0.25) is 4.98 Å². The van der Waals surface area contributed by atoms with Gasteiger partial charge in [0.05, 0.1) is 0 Å². The van der Waals surface area contributed by atoms with Crippen molar-refractivity contribution in [3.05, 3.63) is 91.1 Å². The predicted molar refractivity (Wildman–Crippen MR) is 124 cm³/mol. The van der Waals surface area contributed by atoms with Gasteiger partial charge < -0.3 is 8.94 Å². The molecule has 0 saturated carbocycles. The second kappa shape index (κ2) is 9.62. The molecule has 5 aromatic rings. The van der Waals surface area contributed by atoms with Crippen LogP contribution >= 0.6 is 11.8 Å². The number of aromatic nitrogens is 4. The van der Waals surface area contributed by atoms with Crippen LogP contribution in [0.25, 0.3) is 34.0 Å². The highest BCUT2D eigenvalue weighted by Crippen LogP contribution is 2.35. The van der Waals surface area contributed by atoms with Crippen molar-refractivity contribution in [1.29, 1.82) is 0 Å². The third-order valence-corrected chi connectivity index (χ3v) is 5.77. The molecule has 3 aromatic heterocycles. The van der Waals surface area contributed by atoms with E-state index < -0.39 is 0 Å². The van der Waals surface area contributed by atoms with Gasteiger partial charge >= 0.3 is 0 Å². The lowest BCUT2D eigenvalue weighted by Gasteiger charge is -2.00. The lowest BCUT2D eigenvalue weighted by molar-refractivity contribution is 0.378. The van der Waals surface area contributed by atoms with E-state index in [-0.39, 0.29) is 0 Å². The minimum atomic E-state index is 0.586. The summed E-state index contributed by atoms with van der Waals surface area (Å²) in [5, 5.41) is 4.71. The summed E-state index contributed by atoms with van der Waals surface area (Å²) in [6.07, 6.45) is 4.99. The summed E-state index contributed by atoms with van der Waals surface area (Å²) < 4.78 is 11.5. The van der Waals surface area contributed by atoms with Crippen LogP contribution in [0.15, 0.2) is 99.4 Å². The van der Waals surface area contributed by atoms with Crippen LogP contribution in [-0.2, 0) is 6.42 Å². The van der Waals surface area contributed by atoms with Crippen LogP contribution in [0.1, 0.15) is 12.3 Å². The first-order valence-electron chi connectivity index (χ1n) is 10.3. The van der Waals surface area contributed by atoms with Gasteiger partial charge in [-0.25, -0.2) is 4.98 Å². The van der Waals surface area contributed by atoms with Crippen LogP contribution in [0, 0.1) is 0 Å². The molecule has 0 radical (unpaired) electrons. The largest absolute Gasteiger partial charge is 0.431 e. The Morgan fingerprint density at radius 2 is 1.47 bits per heavy atom. The Kier molecular flexibility index (Phi) is 6.07. The molecule has 0 fully saturated rings. The molecule has 0 aliphatic carbocycles. The highest BCUT2D eigenvalue weighted by Gasteiger charge is 2.17. The van der Waals surface area contributed by atoms with E-state index in [0.29, 0.717) is 23.4 Å². The first-order valence-corrected chi connectivity index (χ1v) is 11.3. The maximum absolute atomic E-state index is 6.16. The minimum absolute atomic E-state index is 0.586. The second-order valence-corrected chi connectivity index (χ2v) is 8.14. The molecule has 158 valence electrons. The van der Waals surface area contributed by atoms with Gasteiger partial charge in [0.25, 0.3) is 5.22 Å². The van der Waals surface area contributed by atoms with Crippen LogP contribution in [0.2, 0.25) is 0 Å². The van der Waals surface area contributed by atoms with Gasteiger partial charge in [0.2, 0.25) is 11.7 Å². The molecule has 0 atom stereocenters. The van der Waals surface area contributed by atoms with Crippen molar-refractivity contribution >= 4 is 11.8 Å². The number of nitrogens with zero attached hydrogens (tertiary/aromatic N) is 4. The Balaban J connectivity index is 1.25. The molecule has 0 aliphatic heterocycles. The normalized spacial score (nSPS) is 11.0. The zero-order chi connectivity index (χ0) is 21.6. The van der Waals surface area contributed by atoms with E-state index in [1.807, 2.05) is 60.7 Å². The molecule has 2 aromatic carbocycles. The molecule has 0 unspecified atom stereocenters. The highest BCUT2D eigenvalue weighted by molar-refractivity contribution is 7.99. The summed E-state index contributed by atoms with van der Waals surface area (Å²) in [7, 11) is 0. The topological polar surface area (TPSA) is 77.8 Å². The first-order chi connectivity index (χ1) is 15.9. The summed E-state index contributed by atoms with van der Waals surface area (Å²) in [5.41, 5.74) is 3.81. The predicted octanol–water partition coefficient (Wildman–Crippen LogP) is 6.18. The standard InChI is InChI=1S/C25H20N4O2S/c1-3-8-18(9-4-1)22-23(19-10-5-2-6-11-19)30-25(28-22)32-17-7-12-21-27-24(29-31-21)20-13-15-26-16-14-20/h1-6,8-11,13-16H,7,12,17H2. The molecule has 5 rings (SSSR count). The fourth-order valence-electron chi connectivity index (χ4n) is 3.30. The van der Waals surface area contributed by atoms with Crippen LogP contribution < -0.4 is 0 Å². The summed E-state index contributed by atoms with van der Waals surface area (Å²) in [6, 6.07) is 23.9. The number of thioether (sulfide) groups is 1. The molecule has 0 N–H and O–H groups in total. The van der Waals surface area contributed by atoms with Crippen LogP contribution in [0.5, 0.6) is 0 Å².